The summed E-state index contributed by atoms with van der Waals surface area (Å²) in [5.74, 6) is -0.236. The predicted molar refractivity (Wildman–Crippen MR) is 124 cm³/mol. The molecule has 1 saturated heterocycles. The summed E-state index contributed by atoms with van der Waals surface area (Å²) in [6, 6.07) is 13.8. The normalized spacial score (nSPS) is 28.2. The monoisotopic (exact) mass is 430 g/mol. The van der Waals surface area contributed by atoms with E-state index in [-0.39, 0.29) is 25.0 Å². The van der Waals surface area contributed by atoms with Crippen LogP contribution in [0.2, 0.25) is 0 Å². The van der Waals surface area contributed by atoms with E-state index in [1.807, 2.05) is 17.1 Å². The van der Waals surface area contributed by atoms with E-state index in [0.29, 0.717) is 11.6 Å². The van der Waals surface area contributed by atoms with E-state index in [9.17, 15) is 15.0 Å². The van der Waals surface area contributed by atoms with E-state index in [4.69, 9.17) is 0 Å². The van der Waals surface area contributed by atoms with Crippen LogP contribution in [0.1, 0.15) is 49.3 Å². The van der Waals surface area contributed by atoms with Gasteiger partial charge in [-0.2, -0.15) is 0 Å². The minimum Gasteiger partial charge on any atom is -0.396 e. The Morgan fingerprint density at radius 2 is 1.88 bits per heavy atom. The molecular weight excluding hydrogens is 400 g/mol. The van der Waals surface area contributed by atoms with Crippen molar-refractivity contribution < 1.29 is 15.0 Å². The second-order valence-corrected chi connectivity index (χ2v) is 9.66. The molecule has 6 rings (SSSR count). The molecule has 0 saturated carbocycles. The third kappa shape index (κ3) is 2.84. The highest BCUT2D eigenvalue weighted by Crippen LogP contribution is 2.45. The Labute approximate surface area is 188 Å². The van der Waals surface area contributed by atoms with Crippen LogP contribution >= 0.6 is 0 Å². The molecule has 0 spiro atoms. The first-order valence-corrected chi connectivity index (χ1v) is 11.9. The fourth-order valence-electron chi connectivity index (χ4n) is 6.50. The van der Waals surface area contributed by atoms with E-state index in [1.165, 1.54) is 21.9 Å². The van der Waals surface area contributed by atoms with Crippen molar-refractivity contribution in [1.29, 1.82) is 0 Å². The molecule has 2 aromatic rings. The first-order chi connectivity index (χ1) is 15.6. The van der Waals surface area contributed by atoms with Crippen LogP contribution in [0, 0.1) is 0 Å². The highest BCUT2D eigenvalue weighted by Gasteiger charge is 2.52. The zero-order valence-electron chi connectivity index (χ0n) is 18.3. The Hall–Kier alpha value is -2.47. The average molecular weight is 431 g/mol. The Bertz CT molecular complexity index is 1140. The van der Waals surface area contributed by atoms with Crippen LogP contribution in [-0.2, 0) is 11.2 Å². The maximum absolute atomic E-state index is 13.4. The van der Waals surface area contributed by atoms with Gasteiger partial charge in [-0.3, -0.25) is 9.69 Å². The molecule has 166 valence electrons. The summed E-state index contributed by atoms with van der Waals surface area (Å²) < 4.78 is 0. The maximum atomic E-state index is 13.4. The van der Waals surface area contributed by atoms with E-state index in [1.54, 1.807) is 0 Å². The molecule has 2 atom stereocenters. The summed E-state index contributed by atoms with van der Waals surface area (Å²) in [6.07, 6.45) is 8.53. The molecule has 4 aliphatic rings. The number of aliphatic hydroxyl groups is 2. The number of rotatable bonds is 4. The molecule has 0 bridgehead atoms. The van der Waals surface area contributed by atoms with Gasteiger partial charge in [0.15, 0.2) is 5.60 Å². The number of benzene rings is 2. The lowest BCUT2D eigenvalue weighted by Crippen LogP contribution is -2.50. The number of hydrogen-bond donors (Lipinski definition) is 2. The van der Waals surface area contributed by atoms with Gasteiger partial charge < -0.3 is 15.1 Å². The molecule has 2 N–H and O–H groups in total. The quantitative estimate of drug-likeness (QED) is 0.780. The molecule has 2 heterocycles. The molecule has 2 unspecified atom stereocenters. The molecule has 2 aliphatic heterocycles. The van der Waals surface area contributed by atoms with Crippen LogP contribution in [0.4, 0.5) is 0 Å². The largest absolute Gasteiger partial charge is 0.396 e. The van der Waals surface area contributed by atoms with Crippen molar-refractivity contribution in [1.82, 2.24) is 9.80 Å². The van der Waals surface area contributed by atoms with Gasteiger partial charge in [0.05, 0.1) is 0 Å². The van der Waals surface area contributed by atoms with Crippen molar-refractivity contribution in [2.45, 2.75) is 56.2 Å². The number of hydrogen-bond acceptors (Lipinski definition) is 4. The van der Waals surface area contributed by atoms with Gasteiger partial charge in [0.25, 0.3) is 5.91 Å². The molecule has 2 aromatic carbocycles. The van der Waals surface area contributed by atoms with Crippen LogP contribution in [0.3, 0.4) is 0 Å². The number of piperidine rings is 1. The predicted octanol–water partition coefficient (Wildman–Crippen LogP) is 3.46. The van der Waals surface area contributed by atoms with E-state index in [0.717, 1.165) is 50.9 Å². The number of carbonyl (C=O) groups excluding carboxylic acids is 1. The summed E-state index contributed by atoms with van der Waals surface area (Å²) in [5.41, 5.74) is 3.00. The summed E-state index contributed by atoms with van der Waals surface area (Å²) in [5, 5.41) is 23.5. The Morgan fingerprint density at radius 1 is 1.09 bits per heavy atom. The van der Waals surface area contributed by atoms with Crippen LogP contribution in [0.15, 0.2) is 59.8 Å². The fourth-order valence-corrected chi connectivity index (χ4v) is 6.50. The van der Waals surface area contributed by atoms with Gasteiger partial charge in [-0.25, -0.2) is 0 Å². The van der Waals surface area contributed by atoms with Gasteiger partial charge in [0.2, 0.25) is 0 Å². The lowest BCUT2D eigenvalue weighted by Gasteiger charge is -2.41. The first-order valence-electron chi connectivity index (χ1n) is 11.9. The van der Waals surface area contributed by atoms with Crippen molar-refractivity contribution in [3.05, 3.63) is 70.9 Å². The number of likely N-dealkylation sites (tertiary alicyclic amines) is 1. The van der Waals surface area contributed by atoms with Crippen molar-refractivity contribution in [3.63, 3.8) is 0 Å². The number of nitrogens with zero attached hydrogens (tertiary/aromatic N) is 2. The fraction of sp³-hybridized carbons (Fsp3) is 0.444. The topological polar surface area (TPSA) is 64.0 Å². The lowest BCUT2D eigenvalue weighted by molar-refractivity contribution is -0.146. The van der Waals surface area contributed by atoms with Gasteiger partial charge in [-0.1, -0.05) is 48.6 Å². The van der Waals surface area contributed by atoms with Crippen molar-refractivity contribution in [2.24, 2.45) is 0 Å². The molecule has 5 nitrogen and oxygen atoms in total. The van der Waals surface area contributed by atoms with Crippen LogP contribution in [0.5, 0.6) is 0 Å². The Kier molecular flexibility index (Phi) is 4.75. The second-order valence-electron chi connectivity index (χ2n) is 9.66. The number of aliphatic hydroxyl groups excluding tert-OH is 1. The van der Waals surface area contributed by atoms with Gasteiger partial charge in [0.1, 0.15) is 0 Å². The highest BCUT2D eigenvalue weighted by atomic mass is 16.3. The standard InChI is InChI=1S/C27H30N2O3/c30-16-13-27(32)22-9-1-2-10-23(22)29(26(27)31)20-11-14-28(15-12-20)24-17-19-7-3-5-18-6-4-8-21(24)25(18)19/h1,3-9,20,24,30,32H,2,10-17H2. The third-order valence-corrected chi connectivity index (χ3v) is 8.03. The van der Waals surface area contributed by atoms with Gasteiger partial charge in [-0.15, -0.1) is 0 Å². The Morgan fingerprint density at radius 3 is 2.66 bits per heavy atom. The van der Waals surface area contributed by atoms with Crippen molar-refractivity contribution in [2.75, 3.05) is 19.7 Å². The van der Waals surface area contributed by atoms with Crippen LogP contribution < -0.4 is 0 Å². The number of carbonyl (C=O) groups is 1. The van der Waals surface area contributed by atoms with Gasteiger partial charge >= 0.3 is 0 Å². The highest BCUT2D eigenvalue weighted by molar-refractivity contribution is 5.95. The Balaban J connectivity index is 1.22. The van der Waals surface area contributed by atoms with Gasteiger partial charge in [-0.05, 0) is 54.0 Å². The summed E-state index contributed by atoms with van der Waals surface area (Å²) in [6.45, 7) is 1.69. The zero-order chi connectivity index (χ0) is 21.9. The average Bonchev–Trinajstić information content (AvgIpc) is 3.30. The minimum absolute atomic E-state index is 0.0642. The second kappa shape index (κ2) is 7.55. The van der Waals surface area contributed by atoms with Crippen molar-refractivity contribution >= 4 is 16.7 Å². The zero-order valence-corrected chi connectivity index (χ0v) is 18.3. The number of allylic oxidation sites excluding steroid dienone is 2. The van der Waals surface area contributed by atoms with E-state index < -0.39 is 5.60 Å². The molecule has 1 amide bonds. The van der Waals surface area contributed by atoms with E-state index >= 15 is 0 Å². The molecule has 0 radical (unpaired) electrons. The number of amides is 1. The van der Waals surface area contributed by atoms with Crippen LogP contribution in [-0.4, -0.2) is 57.3 Å². The molecule has 2 aliphatic carbocycles. The lowest BCUT2D eigenvalue weighted by atomic mass is 9.88. The molecule has 0 aromatic heterocycles. The summed E-state index contributed by atoms with van der Waals surface area (Å²) >= 11 is 0. The smallest absolute Gasteiger partial charge is 0.263 e. The SMILES string of the molecule is O=C1N(C2CCN(C3Cc4cccc5cccc3c45)CC2)C2=C(C=CCC2)C1(O)CCO. The summed E-state index contributed by atoms with van der Waals surface area (Å²) in [7, 11) is 0. The maximum Gasteiger partial charge on any atom is 0.263 e. The third-order valence-electron chi connectivity index (χ3n) is 8.03. The molecular formula is C27H30N2O3. The van der Waals surface area contributed by atoms with Crippen LogP contribution in [0.25, 0.3) is 10.8 Å². The van der Waals surface area contributed by atoms with E-state index in [2.05, 4.69) is 41.3 Å². The molecule has 5 heteroatoms. The van der Waals surface area contributed by atoms with Crippen molar-refractivity contribution in [3.8, 4) is 0 Å². The first kappa shape index (κ1) is 20.2. The summed E-state index contributed by atoms with van der Waals surface area (Å²) in [4.78, 5) is 17.9. The van der Waals surface area contributed by atoms with Gasteiger partial charge in [0, 0.05) is 49.5 Å². The minimum atomic E-state index is -1.57. The molecule has 1 fully saturated rings. The molecule has 32 heavy (non-hydrogen) atoms.